The molecule has 6 atom stereocenters. The smallest absolute Gasteiger partial charge is 0.265 e. The largest absolute Gasteiger partial charge is 0.364 e. The van der Waals surface area contributed by atoms with Gasteiger partial charge in [0.05, 0.1) is 22.8 Å². The lowest BCUT2D eigenvalue weighted by molar-refractivity contribution is -0.305. The third kappa shape index (κ3) is 30.4. The Balaban J connectivity index is 0.00000169. The SMILES string of the molecule is C.C.C.C.C.C.C.C.CCC(C)(C)C(OO)c1ccc(/C(C)=N\OS(=O)(=O)c2ccc3ccccc3c2)cc1.CCC(C)(C)C(OO)c1ccc(/C(C)=N\OS(=O)(=O)c2cccc3ccccc23)cc1.CCC(C)C(OO)c1ccc(/C(C)=N\OS(=O)(=O)c2c(F)c(F)c(F)c(F)c2F)cc1.CCC(C)C(OO)c1ccc(/C(C)=N\OS(=O)(=O)c2ccc3ccccc3c2)cc1. The highest BCUT2D eigenvalue weighted by Crippen LogP contribution is 2.41. The maximum atomic E-state index is 13.7. The molecule has 4 N–H and O–H groups in total. The van der Waals surface area contributed by atoms with Gasteiger partial charge >= 0.3 is 40.5 Å². The molecule has 0 spiro atoms. The van der Waals surface area contributed by atoms with Crippen molar-refractivity contribution in [3.8, 4) is 0 Å². The van der Waals surface area contributed by atoms with E-state index in [4.69, 9.17) is 27.9 Å². The van der Waals surface area contributed by atoms with Gasteiger partial charge in [-0.1, -0.05) is 356 Å². The highest BCUT2D eigenvalue weighted by atomic mass is 32.2. The lowest BCUT2D eigenvalue weighted by atomic mass is 9.80. The van der Waals surface area contributed by atoms with Crippen LogP contribution in [0.5, 0.6) is 0 Å². The normalized spacial score (nSPS) is 13.3. The predicted octanol–water partition coefficient (Wildman–Crippen LogP) is 27.6. The zero-order chi connectivity index (χ0) is 90.5. The summed E-state index contributed by atoms with van der Waals surface area (Å²) in [6.45, 7) is 26.2. The van der Waals surface area contributed by atoms with Crippen LogP contribution < -0.4 is 0 Å². The van der Waals surface area contributed by atoms with E-state index in [0.29, 0.717) is 50.3 Å². The Morgan fingerprint density at radius 3 is 0.908 bits per heavy atom. The van der Waals surface area contributed by atoms with Crippen molar-refractivity contribution >= 4 is 95.6 Å². The van der Waals surface area contributed by atoms with E-state index in [-0.39, 0.29) is 102 Å². The monoisotopic (exact) mass is 1900 g/mol. The van der Waals surface area contributed by atoms with Crippen molar-refractivity contribution in [2.75, 3.05) is 0 Å². The highest BCUT2D eigenvalue weighted by Gasteiger charge is 2.37. The van der Waals surface area contributed by atoms with Crippen LogP contribution >= 0.6 is 0 Å². The first-order valence-electron chi connectivity index (χ1n) is 38.7. The van der Waals surface area contributed by atoms with E-state index >= 15 is 0 Å². The maximum absolute atomic E-state index is 13.7. The molecule has 131 heavy (non-hydrogen) atoms. The molecule has 720 valence electrons. The van der Waals surface area contributed by atoms with Crippen LogP contribution in [-0.2, 0) is 77.2 Å². The lowest BCUT2D eigenvalue weighted by Gasteiger charge is -2.31. The van der Waals surface area contributed by atoms with Crippen molar-refractivity contribution in [1.82, 2.24) is 0 Å². The molecule has 0 aliphatic heterocycles. The fourth-order valence-corrected chi connectivity index (χ4v) is 15.9. The van der Waals surface area contributed by atoms with Crippen LogP contribution in [0.15, 0.2) is 265 Å². The van der Waals surface area contributed by atoms with Crippen LogP contribution in [0.1, 0.15) is 251 Å². The van der Waals surface area contributed by atoms with Crippen LogP contribution in [0, 0.1) is 51.8 Å². The average Bonchev–Trinajstić information content (AvgIpc) is 0.769. The summed E-state index contributed by atoms with van der Waals surface area (Å²) in [4.78, 5) is 16.6. The molecule has 24 nitrogen and oxygen atoms in total. The number of oxime groups is 4. The molecule has 0 aliphatic carbocycles. The Labute approximate surface area is 771 Å². The van der Waals surface area contributed by atoms with Gasteiger partial charge in [-0.3, -0.25) is 38.2 Å². The van der Waals surface area contributed by atoms with Crippen LogP contribution in [0.25, 0.3) is 32.3 Å². The van der Waals surface area contributed by atoms with Gasteiger partial charge < -0.3 is 0 Å². The van der Waals surface area contributed by atoms with E-state index in [1.54, 1.807) is 112 Å². The van der Waals surface area contributed by atoms with Crippen molar-refractivity contribution in [3.63, 3.8) is 0 Å². The number of hydrogen-bond acceptors (Lipinski definition) is 24. The fourth-order valence-electron chi connectivity index (χ4n) is 12.4. The third-order valence-electron chi connectivity index (χ3n) is 21.1. The maximum Gasteiger partial charge on any atom is 0.364 e. The zero-order valence-electron chi connectivity index (χ0n) is 69.8. The standard InChI is InChI=1S/2C24H27NO5S.C23H25NO5S.C19H18F5NO5S.8CH4/c1-5-24(3,4)23(29-26)20-15-13-18(14-16-20)17(2)25-30-31(27,28)22-12-8-10-19-9-6-7-11-21(19)22;1-5-24(3,4)23(29-26)20-12-10-18(11-13-20)17(2)25-30-31(27,28)22-15-14-19-8-6-7-9-21(19)16-22;1-4-16(2)23(28-25)20-11-9-18(10-12-20)17(3)24-29-30(26,27)22-14-13-19-7-5-6-8-21(19)15-22;1-4-9(2)18(29-26)12-7-5-11(6-8-12)10(3)25-30-31(27,28)19-16(23)14(21)13(20)15(22)17(19)24;;;;;;;;/h2*6-16,23,26H,5H2,1-4H3;5-16,23,25H,4H2,1-3H3;5-9,18,26H,4H2,1-3H3;8*1H4/b2*25-17-;24-17-;25-10-;;;;;;;;. The van der Waals surface area contributed by atoms with Gasteiger partial charge in [0, 0.05) is 5.39 Å². The van der Waals surface area contributed by atoms with E-state index in [0.717, 1.165) is 69.3 Å². The number of nitrogens with zero attached hydrogens (tertiary/aromatic N) is 4. The average molecular weight is 1910 g/mol. The van der Waals surface area contributed by atoms with Gasteiger partial charge in [-0.2, -0.15) is 33.7 Å². The van der Waals surface area contributed by atoms with E-state index in [2.05, 4.69) is 34.7 Å². The first-order chi connectivity index (χ1) is 58.2. The molecule has 0 radical (unpaired) electrons. The molecule has 0 fully saturated rings. The van der Waals surface area contributed by atoms with Gasteiger partial charge in [-0.15, -0.1) is 0 Å². The Hall–Kier alpha value is -10.8. The topological polar surface area (TPSA) is 341 Å². The quantitative estimate of drug-likeness (QED) is 0.00760. The molecule has 0 amide bonds. The van der Waals surface area contributed by atoms with Crippen molar-refractivity contribution in [2.24, 2.45) is 43.3 Å². The van der Waals surface area contributed by atoms with Gasteiger partial charge in [0.25, 0.3) is 0 Å². The molecule has 0 saturated carbocycles. The van der Waals surface area contributed by atoms with E-state index in [1.165, 1.54) is 37.3 Å². The number of rotatable bonds is 32. The second-order valence-corrected chi connectivity index (χ2v) is 36.2. The van der Waals surface area contributed by atoms with Crippen LogP contribution in [-0.4, -0.2) is 77.5 Å². The molecular formula is C98H129F5N4O20S4. The summed E-state index contributed by atoms with van der Waals surface area (Å²) < 4.78 is 186. The Morgan fingerprint density at radius 1 is 0.328 bits per heavy atom. The molecule has 11 aromatic rings. The van der Waals surface area contributed by atoms with Crippen molar-refractivity contribution in [2.45, 2.75) is 226 Å². The van der Waals surface area contributed by atoms with Crippen LogP contribution in [0.2, 0.25) is 0 Å². The summed E-state index contributed by atoms with van der Waals surface area (Å²) in [7, 11) is -17.6. The Kier molecular flexibility index (Phi) is 48.7. The summed E-state index contributed by atoms with van der Waals surface area (Å²) in [6.07, 6.45) is 1.22. The highest BCUT2D eigenvalue weighted by molar-refractivity contribution is 7.87. The molecule has 33 heteroatoms. The number of benzene rings is 11. The summed E-state index contributed by atoms with van der Waals surface area (Å²) in [5, 5.41) is 56.6. The Morgan fingerprint density at radius 2 is 0.603 bits per heavy atom. The van der Waals surface area contributed by atoms with Crippen LogP contribution in [0.3, 0.4) is 0 Å². The molecule has 0 aromatic heterocycles. The minimum atomic E-state index is -5.46. The van der Waals surface area contributed by atoms with E-state index in [9.17, 15) is 71.4 Å². The molecule has 0 aliphatic rings. The van der Waals surface area contributed by atoms with E-state index in [1.807, 2.05) is 172 Å². The first-order valence-corrected chi connectivity index (χ1v) is 44.3. The second-order valence-electron chi connectivity index (χ2n) is 30.2. The minimum Gasteiger partial charge on any atom is -0.265 e. The molecule has 0 heterocycles. The van der Waals surface area contributed by atoms with Gasteiger partial charge in [0.2, 0.25) is 5.82 Å². The van der Waals surface area contributed by atoms with Crippen LogP contribution in [0.4, 0.5) is 22.0 Å². The summed E-state index contributed by atoms with van der Waals surface area (Å²) >= 11 is 0. The number of halogens is 5. The number of hydrogen-bond donors (Lipinski definition) is 4. The van der Waals surface area contributed by atoms with Gasteiger partial charge in [0.15, 0.2) is 28.2 Å². The van der Waals surface area contributed by atoms with Crippen molar-refractivity contribution in [3.05, 3.63) is 298 Å². The van der Waals surface area contributed by atoms with Gasteiger partial charge in [-0.05, 0) is 165 Å². The molecular weight excluding hydrogens is 1780 g/mol. The summed E-state index contributed by atoms with van der Waals surface area (Å²) in [6, 6.07) is 64.6. The molecule has 0 bridgehead atoms. The fraction of sp³-hybridized carbons (Fsp3) is 0.347. The Bertz CT molecular complexity index is 6050. The lowest BCUT2D eigenvalue weighted by Crippen LogP contribution is -2.23. The van der Waals surface area contributed by atoms with Gasteiger partial charge in [0.1, 0.15) is 39.1 Å². The van der Waals surface area contributed by atoms with Crippen molar-refractivity contribution in [1.29, 1.82) is 0 Å². The second kappa shape index (κ2) is 53.0. The summed E-state index contributed by atoms with van der Waals surface area (Å²) in [5.74, 6) is -12.4. The zero-order valence-corrected chi connectivity index (χ0v) is 73.1. The molecule has 0 saturated heterocycles. The van der Waals surface area contributed by atoms with Crippen molar-refractivity contribution < 1.29 is 113 Å². The number of fused-ring (bicyclic) bond motifs is 3. The summed E-state index contributed by atoms with van der Waals surface area (Å²) in [5.41, 5.74) is 6.13. The molecule has 6 unspecified atom stereocenters. The predicted molar refractivity (Wildman–Crippen MR) is 512 cm³/mol. The first kappa shape index (κ1) is 120. The van der Waals surface area contributed by atoms with Gasteiger partial charge in [-0.25, -0.2) is 41.5 Å². The third-order valence-corrected chi connectivity index (χ3v) is 25.6. The minimum absolute atomic E-state index is 0. The molecule has 11 aromatic carbocycles. The molecule has 11 rings (SSSR count). The van der Waals surface area contributed by atoms with E-state index < -0.39 is 98.9 Å².